The van der Waals surface area contributed by atoms with E-state index in [-0.39, 0.29) is 23.3 Å². The third kappa shape index (κ3) is 5.26. The maximum atomic E-state index is 13.5. The average molecular weight is 488 g/mol. The van der Waals surface area contributed by atoms with Crippen molar-refractivity contribution in [3.05, 3.63) is 45.1 Å². The van der Waals surface area contributed by atoms with E-state index < -0.39 is 0 Å². The van der Waals surface area contributed by atoms with E-state index in [9.17, 15) is 9.59 Å². The summed E-state index contributed by atoms with van der Waals surface area (Å²) in [7, 11) is 0. The molecule has 1 amide bonds. The van der Waals surface area contributed by atoms with Crippen LogP contribution < -0.4 is 15.6 Å². The van der Waals surface area contributed by atoms with Crippen LogP contribution in [0.2, 0.25) is 0 Å². The molecule has 4 rings (SSSR count). The molecule has 0 aliphatic carbocycles. The smallest absolute Gasteiger partial charge is 0.263 e. The number of thioether (sulfide) groups is 1. The summed E-state index contributed by atoms with van der Waals surface area (Å²) in [5, 5.41) is 4.17. The van der Waals surface area contributed by atoms with E-state index in [0.29, 0.717) is 35.1 Å². The number of hydrogen-bond donors (Lipinski definition) is 1. The van der Waals surface area contributed by atoms with Crippen LogP contribution in [-0.2, 0) is 22.5 Å². The van der Waals surface area contributed by atoms with Gasteiger partial charge in [-0.1, -0.05) is 30.8 Å². The van der Waals surface area contributed by atoms with Crippen LogP contribution in [0.4, 0.5) is 5.69 Å². The van der Waals surface area contributed by atoms with E-state index >= 15 is 0 Å². The Balaban J connectivity index is 1.59. The van der Waals surface area contributed by atoms with E-state index in [1.54, 1.807) is 15.9 Å². The molecule has 1 saturated heterocycles. The standard InChI is InChI=1S/C24H29N3O4S2/c1-4-17-15(3)33-22-21(17)23(29)27(13-16-9-8-12-31-16)24(26-22)32-14-20(28)25-18-10-6-7-11-19(18)30-5-2/h6-7,10-11,16H,4-5,8-9,12-14H2,1-3H3,(H,25,28). The minimum absolute atomic E-state index is 0.00185. The van der Waals surface area contributed by atoms with Crippen molar-refractivity contribution >= 4 is 44.9 Å². The Morgan fingerprint density at radius 3 is 2.91 bits per heavy atom. The lowest BCUT2D eigenvalue weighted by Crippen LogP contribution is -2.29. The second-order valence-electron chi connectivity index (χ2n) is 7.88. The Bertz CT molecular complexity index is 1200. The summed E-state index contributed by atoms with van der Waals surface area (Å²) in [5.74, 6) is 0.589. The molecule has 1 fully saturated rings. The summed E-state index contributed by atoms with van der Waals surface area (Å²) < 4.78 is 13.1. The van der Waals surface area contributed by atoms with Crippen molar-refractivity contribution in [2.45, 2.75) is 57.8 Å². The average Bonchev–Trinajstić information content (AvgIpc) is 3.43. The fraction of sp³-hybridized carbons (Fsp3) is 0.458. The number of carbonyl (C=O) groups excluding carboxylic acids is 1. The largest absolute Gasteiger partial charge is 0.492 e. The molecular weight excluding hydrogens is 458 g/mol. The van der Waals surface area contributed by atoms with E-state index in [4.69, 9.17) is 14.5 Å². The van der Waals surface area contributed by atoms with Crippen LogP contribution in [0.25, 0.3) is 10.2 Å². The van der Waals surface area contributed by atoms with Crippen molar-refractivity contribution in [1.82, 2.24) is 9.55 Å². The van der Waals surface area contributed by atoms with E-state index in [1.807, 2.05) is 38.1 Å². The molecular formula is C24H29N3O4S2. The van der Waals surface area contributed by atoms with Gasteiger partial charge < -0.3 is 14.8 Å². The lowest BCUT2D eigenvalue weighted by molar-refractivity contribution is -0.113. The molecule has 33 heavy (non-hydrogen) atoms. The molecule has 9 heteroatoms. The Morgan fingerprint density at radius 1 is 1.36 bits per heavy atom. The normalized spacial score (nSPS) is 15.8. The highest BCUT2D eigenvalue weighted by Crippen LogP contribution is 2.30. The van der Waals surface area contributed by atoms with Gasteiger partial charge in [-0.25, -0.2) is 4.98 Å². The van der Waals surface area contributed by atoms with Gasteiger partial charge in [0.2, 0.25) is 5.91 Å². The highest BCUT2D eigenvalue weighted by Gasteiger charge is 2.23. The van der Waals surface area contributed by atoms with Gasteiger partial charge in [0.15, 0.2) is 5.16 Å². The van der Waals surface area contributed by atoms with Crippen LogP contribution in [0.15, 0.2) is 34.2 Å². The number of ether oxygens (including phenoxy) is 2. The predicted molar refractivity (Wildman–Crippen MR) is 134 cm³/mol. The number of anilines is 1. The van der Waals surface area contributed by atoms with Crippen LogP contribution in [0.3, 0.4) is 0 Å². The number of hydrogen-bond acceptors (Lipinski definition) is 7. The van der Waals surface area contributed by atoms with Crippen molar-refractivity contribution in [3.63, 3.8) is 0 Å². The maximum absolute atomic E-state index is 13.5. The Morgan fingerprint density at radius 2 is 2.18 bits per heavy atom. The number of fused-ring (bicyclic) bond motifs is 1. The van der Waals surface area contributed by atoms with Crippen molar-refractivity contribution in [3.8, 4) is 5.75 Å². The number of rotatable bonds is 9. The predicted octanol–water partition coefficient (Wildman–Crippen LogP) is 4.64. The number of carbonyl (C=O) groups is 1. The first-order chi connectivity index (χ1) is 16.0. The number of amides is 1. The molecule has 1 unspecified atom stereocenters. The molecule has 3 heterocycles. The molecule has 0 radical (unpaired) electrons. The summed E-state index contributed by atoms with van der Waals surface area (Å²) in [6, 6.07) is 7.35. The highest BCUT2D eigenvalue weighted by atomic mass is 32.2. The van der Waals surface area contributed by atoms with Gasteiger partial charge in [0.05, 0.1) is 36.1 Å². The van der Waals surface area contributed by atoms with Gasteiger partial charge >= 0.3 is 0 Å². The second-order valence-corrected chi connectivity index (χ2v) is 10.0. The summed E-state index contributed by atoms with van der Waals surface area (Å²) in [4.78, 5) is 32.9. The highest BCUT2D eigenvalue weighted by molar-refractivity contribution is 7.99. The number of aryl methyl sites for hydroxylation is 2. The first-order valence-corrected chi connectivity index (χ1v) is 13.1. The first-order valence-electron chi connectivity index (χ1n) is 11.3. The molecule has 7 nitrogen and oxygen atoms in total. The quantitative estimate of drug-likeness (QED) is 0.350. The molecule has 3 aromatic rings. The van der Waals surface area contributed by atoms with Crippen molar-refractivity contribution in [2.24, 2.45) is 0 Å². The second kappa shape index (κ2) is 10.7. The van der Waals surface area contributed by atoms with E-state index in [1.165, 1.54) is 11.8 Å². The zero-order valence-electron chi connectivity index (χ0n) is 19.2. The Hall–Kier alpha value is -2.36. The zero-order valence-corrected chi connectivity index (χ0v) is 20.8. The molecule has 1 aliphatic rings. The van der Waals surface area contributed by atoms with Crippen molar-refractivity contribution in [1.29, 1.82) is 0 Å². The number of para-hydroxylation sites is 2. The monoisotopic (exact) mass is 487 g/mol. The van der Waals surface area contributed by atoms with Crippen molar-refractivity contribution in [2.75, 3.05) is 24.3 Å². The number of benzene rings is 1. The first kappa shape index (κ1) is 23.8. The molecule has 176 valence electrons. The number of thiophene rings is 1. The molecule has 1 aromatic carbocycles. The topological polar surface area (TPSA) is 82.5 Å². The van der Waals surface area contributed by atoms with Crippen LogP contribution >= 0.6 is 23.1 Å². The molecule has 2 aromatic heterocycles. The van der Waals surface area contributed by atoms with Gasteiger partial charge in [0.1, 0.15) is 10.6 Å². The summed E-state index contributed by atoms with van der Waals surface area (Å²) in [5.41, 5.74) is 1.66. The van der Waals surface area contributed by atoms with Crippen LogP contribution in [-0.4, -0.2) is 40.5 Å². The number of nitrogens with zero attached hydrogens (tertiary/aromatic N) is 2. The van der Waals surface area contributed by atoms with E-state index in [2.05, 4.69) is 12.2 Å². The summed E-state index contributed by atoms with van der Waals surface area (Å²) >= 11 is 2.82. The zero-order chi connectivity index (χ0) is 23.4. The molecule has 1 atom stereocenters. The molecule has 0 spiro atoms. The maximum Gasteiger partial charge on any atom is 0.263 e. The molecule has 1 aliphatic heterocycles. The lowest BCUT2D eigenvalue weighted by Gasteiger charge is -2.16. The van der Waals surface area contributed by atoms with Crippen LogP contribution in [0, 0.1) is 6.92 Å². The van der Waals surface area contributed by atoms with Gasteiger partial charge in [-0.2, -0.15) is 0 Å². The molecule has 0 bridgehead atoms. The Kier molecular flexibility index (Phi) is 7.72. The number of aromatic nitrogens is 2. The molecule has 1 N–H and O–H groups in total. The van der Waals surface area contributed by atoms with E-state index in [0.717, 1.165) is 41.1 Å². The van der Waals surface area contributed by atoms with Crippen LogP contribution in [0.1, 0.15) is 37.1 Å². The Labute approximate surface area is 201 Å². The summed E-state index contributed by atoms with van der Waals surface area (Å²) in [6.07, 6.45) is 2.71. The third-order valence-corrected chi connectivity index (χ3v) is 7.65. The lowest BCUT2D eigenvalue weighted by atomic mass is 10.1. The minimum Gasteiger partial charge on any atom is -0.492 e. The van der Waals surface area contributed by atoms with Crippen molar-refractivity contribution < 1.29 is 14.3 Å². The number of nitrogens with one attached hydrogen (secondary N) is 1. The van der Waals surface area contributed by atoms with Gasteiger partial charge in [-0.3, -0.25) is 14.2 Å². The SMILES string of the molecule is CCOc1ccccc1NC(=O)CSc1nc2sc(C)c(CC)c2c(=O)n1CC1CCCO1. The van der Waals surface area contributed by atoms with Gasteiger partial charge in [-0.15, -0.1) is 11.3 Å². The fourth-order valence-corrected chi connectivity index (χ4v) is 6.05. The fourth-order valence-electron chi connectivity index (χ4n) is 4.09. The summed E-state index contributed by atoms with van der Waals surface area (Å²) in [6.45, 7) is 7.69. The van der Waals surface area contributed by atoms with Crippen LogP contribution in [0.5, 0.6) is 5.75 Å². The van der Waals surface area contributed by atoms with Gasteiger partial charge in [0.25, 0.3) is 5.56 Å². The third-order valence-electron chi connectivity index (χ3n) is 5.63. The van der Waals surface area contributed by atoms with Gasteiger partial charge in [0, 0.05) is 11.5 Å². The van der Waals surface area contributed by atoms with Gasteiger partial charge in [-0.05, 0) is 50.8 Å². The minimum atomic E-state index is -0.179. The molecule has 0 saturated carbocycles.